The van der Waals surface area contributed by atoms with Gasteiger partial charge in [0.15, 0.2) is 0 Å². The van der Waals surface area contributed by atoms with Crippen molar-refractivity contribution in [1.82, 2.24) is 4.98 Å². The van der Waals surface area contributed by atoms with Gasteiger partial charge in [0.2, 0.25) is 0 Å². The molecule has 0 saturated carbocycles. The van der Waals surface area contributed by atoms with Crippen LogP contribution in [0.4, 0.5) is 13.2 Å². The quantitative estimate of drug-likeness (QED) is 0.882. The molecule has 0 aliphatic heterocycles. The summed E-state index contributed by atoms with van der Waals surface area (Å²) in [6.07, 6.45) is -2.75. The molecular weight excluding hydrogens is 255 g/mol. The molecule has 5 heteroatoms. The Labute approximate surface area is 109 Å². The van der Waals surface area contributed by atoms with Crippen LogP contribution < -0.4 is 0 Å². The summed E-state index contributed by atoms with van der Waals surface area (Å²) in [7, 11) is 0. The van der Waals surface area contributed by atoms with Gasteiger partial charge in [-0.25, -0.2) is 0 Å². The molecule has 0 aliphatic carbocycles. The number of aromatic nitrogens is 1. The number of benzene rings is 1. The zero-order valence-electron chi connectivity index (χ0n) is 10.4. The summed E-state index contributed by atoms with van der Waals surface area (Å²) in [6.45, 7) is 2.66. The summed E-state index contributed by atoms with van der Waals surface area (Å²) in [6, 6.07) is 7.26. The minimum Gasteiger partial charge on any atom is -0.377 e. The topological polar surface area (TPSA) is 25.0 Å². The number of ether oxygens (including phenoxy) is 1. The van der Waals surface area contributed by atoms with E-state index in [2.05, 4.69) is 4.98 Å². The Morgan fingerprint density at radius 3 is 2.58 bits per heavy atom. The molecule has 0 aliphatic rings. The lowest BCUT2D eigenvalue weighted by atomic mass is 10.0. The number of H-pyrrole nitrogens is 1. The van der Waals surface area contributed by atoms with Crippen molar-refractivity contribution >= 4 is 0 Å². The van der Waals surface area contributed by atoms with Crippen LogP contribution in [0.2, 0.25) is 0 Å². The van der Waals surface area contributed by atoms with Crippen molar-refractivity contribution in [2.24, 2.45) is 0 Å². The Morgan fingerprint density at radius 1 is 1.16 bits per heavy atom. The second-order valence-corrected chi connectivity index (χ2v) is 4.06. The average molecular weight is 269 g/mol. The largest absolute Gasteiger partial charge is 0.417 e. The summed E-state index contributed by atoms with van der Waals surface area (Å²) in [5.74, 6) is 0. The van der Waals surface area contributed by atoms with E-state index >= 15 is 0 Å². The van der Waals surface area contributed by atoms with Crippen LogP contribution in [0.1, 0.15) is 18.1 Å². The number of nitrogens with one attached hydrogen (secondary N) is 1. The molecule has 0 unspecified atom stereocenters. The Bertz CT molecular complexity index is 546. The van der Waals surface area contributed by atoms with Crippen LogP contribution in [-0.2, 0) is 17.5 Å². The summed E-state index contributed by atoms with van der Waals surface area (Å²) >= 11 is 0. The normalized spacial score (nSPS) is 11.8. The van der Waals surface area contributed by atoms with Gasteiger partial charge in [0.1, 0.15) is 0 Å². The molecule has 2 nitrogen and oxygen atoms in total. The molecule has 0 amide bonds. The maximum absolute atomic E-state index is 13.0. The van der Waals surface area contributed by atoms with Gasteiger partial charge < -0.3 is 9.72 Å². The molecule has 0 spiro atoms. The van der Waals surface area contributed by atoms with Gasteiger partial charge in [0, 0.05) is 23.9 Å². The molecule has 1 N–H and O–H groups in total. The van der Waals surface area contributed by atoms with E-state index in [1.54, 1.807) is 18.3 Å². The molecule has 0 saturated heterocycles. The van der Waals surface area contributed by atoms with E-state index in [9.17, 15) is 13.2 Å². The minimum absolute atomic E-state index is 0.148. The van der Waals surface area contributed by atoms with Gasteiger partial charge >= 0.3 is 6.18 Å². The monoisotopic (exact) mass is 269 g/mol. The molecule has 1 heterocycles. The first-order valence-electron chi connectivity index (χ1n) is 5.94. The van der Waals surface area contributed by atoms with Gasteiger partial charge in [0.05, 0.1) is 17.9 Å². The third kappa shape index (κ3) is 2.98. The van der Waals surface area contributed by atoms with Crippen LogP contribution in [-0.4, -0.2) is 11.6 Å². The Morgan fingerprint density at radius 2 is 1.89 bits per heavy atom. The van der Waals surface area contributed by atoms with Crippen LogP contribution >= 0.6 is 0 Å². The maximum atomic E-state index is 13.0. The zero-order chi connectivity index (χ0) is 13.9. The fourth-order valence-electron chi connectivity index (χ4n) is 1.93. The minimum atomic E-state index is -4.37. The lowest BCUT2D eigenvalue weighted by Gasteiger charge is -2.13. The Balaban J connectivity index is 2.45. The van der Waals surface area contributed by atoms with Gasteiger partial charge in [-0.3, -0.25) is 0 Å². The van der Waals surface area contributed by atoms with Crippen molar-refractivity contribution in [3.63, 3.8) is 0 Å². The molecule has 2 rings (SSSR count). The molecule has 102 valence electrons. The van der Waals surface area contributed by atoms with Crippen LogP contribution in [0.3, 0.4) is 0 Å². The third-order valence-electron chi connectivity index (χ3n) is 2.80. The standard InChI is InChI=1S/C14H14F3NO/c1-2-19-9-10-7-8-18-13(10)11-5-3-4-6-12(11)14(15,16)17/h3-8,18H,2,9H2,1H3. The number of hydrogen-bond donors (Lipinski definition) is 1. The predicted molar refractivity (Wildman–Crippen MR) is 66.6 cm³/mol. The second kappa shape index (κ2) is 5.48. The highest BCUT2D eigenvalue weighted by Crippen LogP contribution is 2.37. The van der Waals surface area contributed by atoms with Crippen LogP contribution in [0.15, 0.2) is 36.5 Å². The van der Waals surface area contributed by atoms with E-state index in [0.29, 0.717) is 18.9 Å². The second-order valence-electron chi connectivity index (χ2n) is 4.06. The summed E-state index contributed by atoms with van der Waals surface area (Å²) in [4.78, 5) is 2.86. The van der Waals surface area contributed by atoms with Crippen molar-refractivity contribution in [3.05, 3.63) is 47.7 Å². The fourth-order valence-corrected chi connectivity index (χ4v) is 1.93. The van der Waals surface area contributed by atoms with E-state index in [1.807, 2.05) is 6.92 Å². The van der Waals surface area contributed by atoms with Gasteiger partial charge in [0.25, 0.3) is 0 Å². The number of halogens is 3. The highest BCUT2D eigenvalue weighted by atomic mass is 19.4. The SMILES string of the molecule is CCOCc1cc[nH]c1-c1ccccc1C(F)(F)F. The van der Waals surface area contributed by atoms with E-state index in [0.717, 1.165) is 11.6 Å². The molecule has 0 atom stereocenters. The average Bonchev–Trinajstić information content (AvgIpc) is 2.83. The first kappa shape index (κ1) is 13.7. The van der Waals surface area contributed by atoms with Crippen molar-refractivity contribution in [2.75, 3.05) is 6.61 Å². The fraction of sp³-hybridized carbons (Fsp3) is 0.286. The smallest absolute Gasteiger partial charge is 0.377 e. The molecule has 0 radical (unpaired) electrons. The van der Waals surface area contributed by atoms with Gasteiger partial charge in [-0.2, -0.15) is 13.2 Å². The van der Waals surface area contributed by atoms with E-state index < -0.39 is 11.7 Å². The lowest BCUT2D eigenvalue weighted by molar-refractivity contribution is -0.137. The first-order chi connectivity index (χ1) is 9.04. The molecule has 2 aromatic rings. The number of aromatic amines is 1. The van der Waals surface area contributed by atoms with Gasteiger partial charge in [-0.15, -0.1) is 0 Å². The third-order valence-corrected chi connectivity index (χ3v) is 2.80. The summed E-state index contributed by atoms with van der Waals surface area (Å²) in [5.41, 5.74) is 0.685. The molecule has 1 aromatic carbocycles. The molecule has 19 heavy (non-hydrogen) atoms. The van der Waals surface area contributed by atoms with Crippen molar-refractivity contribution in [3.8, 4) is 11.3 Å². The van der Waals surface area contributed by atoms with Gasteiger partial charge in [-0.05, 0) is 19.1 Å². The van der Waals surface area contributed by atoms with Crippen molar-refractivity contribution in [2.45, 2.75) is 19.7 Å². The number of alkyl halides is 3. The first-order valence-corrected chi connectivity index (χ1v) is 5.94. The number of hydrogen-bond acceptors (Lipinski definition) is 1. The highest BCUT2D eigenvalue weighted by molar-refractivity contribution is 5.68. The van der Waals surface area contributed by atoms with Crippen molar-refractivity contribution in [1.29, 1.82) is 0 Å². The van der Waals surface area contributed by atoms with Crippen LogP contribution in [0.5, 0.6) is 0 Å². The van der Waals surface area contributed by atoms with E-state index in [1.165, 1.54) is 12.1 Å². The highest BCUT2D eigenvalue weighted by Gasteiger charge is 2.33. The Hall–Kier alpha value is -1.75. The zero-order valence-corrected chi connectivity index (χ0v) is 10.4. The van der Waals surface area contributed by atoms with Crippen LogP contribution in [0.25, 0.3) is 11.3 Å². The number of rotatable bonds is 4. The van der Waals surface area contributed by atoms with E-state index in [4.69, 9.17) is 4.74 Å². The molecule has 0 bridgehead atoms. The predicted octanol–water partition coefficient (Wildman–Crippen LogP) is 4.24. The Kier molecular flexibility index (Phi) is 3.95. The van der Waals surface area contributed by atoms with Crippen molar-refractivity contribution < 1.29 is 17.9 Å². The molecule has 0 fully saturated rings. The molecule has 1 aromatic heterocycles. The van der Waals surface area contributed by atoms with Crippen LogP contribution in [0, 0.1) is 0 Å². The summed E-state index contributed by atoms with van der Waals surface area (Å²) < 4.78 is 44.2. The lowest BCUT2D eigenvalue weighted by Crippen LogP contribution is -2.07. The maximum Gasteiger partial charge on any atom is 0.417 e. The molecular formula is C14H14F3NO. The summed E-state index contributed by atoms with van der Waals surface area (Å²) in [5, 5.41) is 0. The van der Waals surface area contributed by atoms with Gasteiger partial charge in [-0.1, -0.05) is 18.2 Å². The van der Waals surface area contributed by atoms with E-state index in [-0.39, 0.29) is 5.56 Å².